The van der Waals surface area contributed by atoms with Crippen molar-refractivity contribution in [1.82, 2.24) is 9.21 Å². The molecule has 2 aliphatic rings. The number of alkyl halides is 1. The number of carbonyl (C=O) groups excluding carboxylic acids is 2. The highest BCUT2D eigenvalue weighted by molar-refractivity contribution is 7.89. The summed E-state index contributed by atoms with van der Waals surface area (Å²) >= 11 is 5.78. The topological polar surface area (TPSA) is 102 Å². The zero-order valence-electron chi connectivity index (χ0n) is 22.3. The Morgan fingerprint density at radius 3 is 2.44 bits per heavy atom. The number of amides is 1. The third kappa shape index (κ3) is 5.88. The summed E-state index contributed by atoms with van der Waals surface area (Å²) in [4.78, 5) is 26.3. The Kier molecular flexibility index (Phi) is 7.95. The van der Waals surface area contributed by atoms with Crippen molar-refractivity contribution >= 4 is 33.7 Å². The van der Waals surface area contributed by atoms with Gasteiger partial charge in [-0.15, -0.1) is 0 Å². The first-order valence-corrected chi connectivity index (χ1v) is 14.8. The van der Waals surface area contributed by atoms with Gasteiger partial charge in [-0.3, -0.25) is 4.90 Å². The molecule has 216 valence electrons. The van der Waals surface area contributed by atoms with Crippen LogP contribution in [-0.2, 0) is 36.3 Å². The summed E-state index contributed by atoms with van der Waals surface area (Å²) in [6.45, 7) is 3.07. The van der Waals surface area contributed by atoms with E-state index in [4.69, 9.17) is 25.8 Å². The van der Waals surface area contributed by atoms with Crippen LogP contribution in [0.5, 0.6) is 5.75 Å². The molecular formula is C29H28ClFN2O7S. The third-order valence-electron chi connectivity index (χ3n) is 7.02. The molecule has 0 N–H and O–H groups in total. The lowest BCUT2D eigenvalue weighted by atomic mass is 9.87. The van der Waals surface area contributed by atoms with Crippen molar-refractivity contribution < 1.29 is 36.6 Å². The van der Waals surface area contributed by atoms with Crippen LogP contribution in [0.25, 0.3) is 0 Å². The molecule has 0 aromatic heterocycles. The zero-order valence-corrected chi connectivity index (χ0v) is 23.8. The molecule has 12 heteroatoms. The van der Waals surface area contributed by atoms with Gasteiger partial charge >= 0.3 is 12.1 Å². The minimum atomic E-state index is -3.95. The van der Waals surface area contributed by atoms with Crippen LogP contribution < -0.4 is 4.74 Å². The average Bonchev–Trinajstić information content (AvgIpc) is 3.19. The van der Waals surface area contributed by atoms with Crippen molar-refractivity contribution in [3.05, 3.63) is 95.8 Å². The molecule has 3 aromatic rings. The first-order valence-electron chi connectivity index (χ1n) is 12.9. The first-order chi connectivity index (χ1) is 19.5. The second-order valence-electron chi connectivity index (χ2n) is 9.93. The van der Waals surface area contributed by atoms with Gasteiger partial charge in [-0.2, -0.15) is 4.31 Å². The summed E-state index contributed by atoms with van der Waals surface area (Å²) in [6, 6.07) is 20.0. The molecule has 5 rings (SSSR count). The Morgan fingerprint density at radius 2 is 1.78 bits per heavy atom. The molecule has 0 bridgehead atoms. The van der Waals surface area contributed by atoms with Gasteiger partial charge in [-0.25, -0.2) is 22.4 Å². The normalized spacial score (nSPS) is 21.1. The molecule has 1 amide bonds. The highest BCUT2D eigenvalue weighted by atomic mass is 35.5. The highest BCUT2D eigenvalue weighted by Crippen LogP contribution is 2.40. The monoisotopic (exact) mass is 602 g/mol. The second-order valence-corrected chi connectivity index (χ2v) is 12.5. The molecule has 0 aliphatic carbocycles. The van der Waals surface area contributed by atoms with E-state index in [0.29, 0.717) is 11.3 Å². The third-order valence-corrected chi connectivity index (χ3v) is 8.89. The molecule has 3 aromatic carbocycles. The van der Waals surface area contributed by atoms with Gasteiger partial charge < -0.3 is 14.2 Å². The van der Waals surface area contributed by atoms with Gasteiger partial charge in [0.2, 0.25) is 10.0 Å². The maximum Gasteiger partial charge on any atom is 0.414 e. The van der Waals surface area contributed by atoms with E-state index in [0.717, 1.165) is 10.5 Å². The van der Waals surface area contributed by atoms with E-state index in [1.807, 2.05) is 30.3 Å². The quantitative estimate of drug-likeness (QED) is 0.273. The highest BCUT2D eigenvalue weighted by Gasteiger charge is 2.52. The molecule has 2 aliphatic heterocycles. The Hall–Kier alpha value is -3.67. The van der Waals surface area contributed by atoms with Crippen molar-refractivity contribution in [2.45, 2.75) is 48.6 Å². The Labute approximate surface area is 242 Å². The van der Waals surface area contributed by atoms with Crippen LogP contribution in [-0.4, -0.2) is 60.6 Å². The van der Waals surface area contributed by atoms with Crippen LogP contribution in [0.3, 0.4) is 0 Å². The lowest BCUT2D eigenvalue weighted by Gasteiger charge is -2.48. The summed E-state index contributed by atoms with van der Waals surface area (Å²) in [5.74, 6) is -0.616. The number of ether oxygens (including phenoxy) is 3. The van der Waals surface area contributed by atoms with E-state index >= 15 is 0 Å². The Balaban J connectivity index is 1.36. The second kappa shape index (κ2) is 11.3. The van der Waals surface area contributed by atoms with Crippen molar-refractivity contribution in [3.8, 4) is 5.75 Å². The van der Waals surface area contributed by atoms with Crippen LogP contribution in [0, 0.1) is 5.82 Å². The molecule has 2 fully saturated rings. The molecule has 0 radical (unpaired) electrons. The molecule has 2 saturated heterocycles. The zero-order chi connectivity index (χ0) is 29.4. The van der Waals surface area contributed by atoms with Gasteiger partial charge in [0.15, 0.2) is 17.4 Å². The van der Waals surface area contributed by atoms with E-state index in [-0.39, 0.29) is 24.4 Å². The molecular weight excluding hydrogens is 575 g/mol. The van der Waals surface area contributed by atoms with Crippen molar-refractivity contribution in [3.63, 3.8) is 0 Å². The number of hydrogen-bond donors (Lipinski definition) is 0. The summed E-state index contributed by atoms with van der Waals surface area (Å²) in [6.07, 6.45) is -1.66. The number of rotatable bonds is 8. The molecule has 2 heterocycles. The minimum Gasteiger partial charge on any atom is -0.480 e. The van der Waals surface area contributed by atoms with Crippen LogP contribution in [0.2, 0.25) is 0 Å². The largest absolute Gasteiger partial charge is 0.480 e. The van der Waals surface area contributed by atoms with Crippen LogP contribution in [0.15, 0.2) is 83.8 Å². The van der Waals surface area contributed by atoms with Gasteiger partial charge in [0, 0.05) is 6.42 Å². The first kappa shape index (κ1) is 28.8. The van der Waals surface area contributed by atoms with Gasteiger partial charge in [-0.1, -0.05) is 54.1 Å². The van der Waals surface area contributed by atoms with Crippen molar-refractivity contribution in [2.24, 2.45) is 0 Å². The molecule has 2 unspecified atom stereocenters. The lowest BCUT2D eigenvalue weighted by Crippen LogP contribution is -2.64. The number of esters is 1. The van der Waals surface area contributed by atoms with E-state index in [1.54, 1.807) is 12.1 Å². The van der Waals surface area contributed by atoms with Crippen LogP contribution in [0.4, 0.5) is 9.18 Å². The molecule has 9 nitrogen and oxygen atoms in total. The number of carbonyl (C=O) groups is 2. The average molecular weight is 603 g/mol. The lowest BCUT2D eigenvalue weighted by molar-refractivity contribution is -0.142. The molecule has 0 spiro atoms. The number of halogens is 2. The fraction of sp³-hybridized carbons (Fsp3) is 0.310. The summed E-state index contributed by atoms with van der Waals surface area (Å²) in [5.41, 5.74) is -0.576. The predicted molar refractivity (Wildman–Crippen MR) is 147 cm³/mol. The van der Waals surface area contributed by atoms with Crippen molar-refractivity contribution in [1.29, 1.82) is 0 Å². The summed E-state index contributed by atoms with van der Waals surface area (Å²) < 4.78 is 58.6. The standard InChI is InChI=1S/C29H28ClFN2O7S/c1-19(30)38-28(35)33-20(2)39-27(34)26(33)16-21-7-6-10-25(15-21)41(36,37)32-17-29(18-32,22-8-4-3-5-9-22)40-24-13-11-23(31)12-14-24/h3-15,19-20,26H,16-18H2,1-2H3/t19?,20?,26-/m0/s1. The van der Waals surface area contributed by atoms with E-state index in [9.17, 15) is 22.4 Å². The fourth-order valence-corrected chi connectivity index (χ4v) is 6.68. The number of nitrogens with zero attached hydrogens (tertiary/aromatic N) is 2. The maximum atomic E-state index is 13.7. The van der Waals surface area contributed by atoms with Gasteiger partial charge in [-0.05, 0) is 61.4 Å². The van der Waals surface area contributed by atoms with E-state index in [2.05, 4.69) is 0 Å². The molecule has 0 saturated carbocycles. The fourth-order valence-electron chi connectivity index (χ4n) is 5.00. The summed E-state index contributed by atoms with van der Waals surface area (Å²) in [5, 5.41) is 0. The van der Waals surface area contributed by atoms with Gasteiger partial charge in [0.05, 0.1) is 18.0 Å². The predicted octanol–water partition coefficient (Wildman–Crippen LogP) is 4.64. The summed E-state index contributed by atoms with van der Waals surface area (Å²) in [7, 11) is -3.95. The minimum absolute atomic E-state index is 0.0138. The van der Waals surface area contributed by atoms with E-state index in [1.165, 1.54) is 54.6 Å². The van der Waals surface area contributed by atoms with Crippen LogP contribution >= 0.6 is 11.6 Å². The smallest absolute Gasteiger partial charge is 0.414 e. The van der Waals surface area contributed by atoms with Crippen molar-refractivity contribution in [2.75, 3.05) is 13.1 Å². The van der Waals surface area contributed by atoms with E-state index < -0.39 is 51.3 Å². The molecule has 3 atom stereocenters. The number of benzene rings is 3. The number of sulfonamides is 1. The SMILES string of the molecule is CC(Cl)OC(=O)N1C(C)OC(=O)[C@@H]1Cc1cccc(S(=O)(=O)N2CC(Oc3ccc(F)cc3)(c3ccccc3)C2)c1. The van der Waals surface area contributed by atoms with Gasteiger partial charge in [0.25, 0.3) is 0 Å². The maximum absolute atomic E-state index is 13.7. The van der Waals surface area contributed by atoms with Crippen LogP contribution in [0.1, 0.15) is 25.0 Å². The Morgan fingerprint density at radius 1 is 1.10 bits per heavy atom. The number of cyclic esters (lactones) is 1. The van der Waals surface area contributed by atoms with Gasteiger partial charge in [0.1, 0.15) is 17.6 Å². The Bertz CT molecular complexity index is 1530. The number of hydrogen-bond acceptors (Lipinski definition) is 7. The molecule has 41 heavy (non-hydrogen) atoms.